The van der Waals surface area contributed by atoms with Crippen molar-refractivity contribution in [3.63, 3.8) is 0 Å². The topological polar surface area (TPSA) is 50.5 Å². The first-order valence-corrected chi connectivity index (χ1v) is 10.3. The lowest BCUT2D eigenvalue weighted by atomic mass is 9.96. The number of hydrogen-bond donors (Lipinski definition) is 0. The van der Waals surface area contributed by atoms with Gasteiger partial charge < -0.3 is 0 Å². The number of hydrogen-bond acceptors (Lipinski definition) is 3. The zero-order valence-electron chi connectivity index (χ0n) is 17.2. The van der Waals surface area contributed by atoms with Crippen LogP contribution in [0.1, 0.15) is 30.5 Å². The lowest BCUT2D eigenvalue weighted by Crippen LogP contribution is -2.24. The van der Waals surface area contributed by atoms with Gasteiger partial charge in [-0.1, -0.05) is 78.9 Å². The highest BCUT2D eigenvalue weighted by molar-refractivity contribution is 6.03. The van der Waals surface area contributed by atoms with Crippen LogP contribution in [0.3, 0.4) is 0 Å². The van der Waals surface area contributed by atoms with E-state index in [0.29, 0.717) is 6.42 Å². The molecule has 0 spiro atoms. The van der Waals surface area contributed by atoms with Crippen molar-refractivity contribution < 1.29 is 4.79 Å². The van der Waals surface area contributed by atoms with Gasteiger partial charge in [0.1, 0.15) is 0 Å². The molecule has 1 aliphatic heterocycles. The highest BCUT2D eigenvalue weighted by Crippen LogP contribution is 2.38. The minimum atomic E-state index is -0.208. The van der Waals surface area contributed by atoms with Gasteiger partial charge in [-0.15, -0.1) is 0 Å². The molecule has 0 bridgehead atoms. The second kappa shape index (κ2) is 8.03. The average molecular weight is 406 g/mol. The van der Waals surface area contributed by atoms with Gasteiger partial charge in [0.2, 0.25) is 5.91 Å². The lowest BCUT2D eigenvalue weighted by molar-refractivity contribution is -0.130. The van der Waals surface area contributed by atoms with Crippen molar-refractivity contribution in [1.29, 1.82) is 0 Å². The maximum Gasteiger partial charge on any atom is 0.240 e. The van der Waals surface area contributed by atoms with Crippen molar-refractivity contribution in [3.8, 4) is 16.9 Å². The summed E-state index contributed by atoms with van der Waals surface area (Å²) in [7, 11) is 0. The molecular weight excluding hydrogens is 384 g/mol. The summed E-state index contributed by atoms with van der Waals surface area (Å²) in [6.45, 7) is 1.56. The molecule has 1 aliphatic rings. The van der Waals surface area contributed by atoms with E-state index in [4.69, 9.17) is 10.2 Å². The average Bonchev–Trinajstić information content (AvgIpc) is 3.46. The summed E-state index contributed by atoms with van der Waals surface area (Å²) in [6, 6.07) is 29.9. The van der Waals surface area contributed by atoms with Crippen LogP contribution in [0.15, 0.2) is 102 Å². The van der Waals surface area contributed by atoms with Gasteiger partial charge in [-0.25, -0.2) is 9.69 Å². The van der Waals surface area contributed by atoms with Crippen LogP contribution in [0, 0.1) is 0 Å². The van der Waals surface area contributed by atoms with Crippen LogP contribution in [0.5, 0.6) is 0 Å². The Bertz CT molecular complexity index is 1230. The third-order valence-electron chi connectivity index (χ3n) is 5.51. The molecule has 0 aliphatic carbocycles. The van der Waals surface area contributed by atoms with Crippen LogP contribution in [0.2, 0.25) is 0 Å². The van der Waals surface area contributed by atoms with E-state index in [1.807, 2.05) is 102 Å². The maximum absolute atomic E-state index is 12.5. The number of carbonyl (C=O) groups is 1. The Morgan fingerprint density at radius 2 is 1.42 bits per heavy atom. The first kappa shape index (κ1) is 19.0. The van der Waals surface area contributed by atoms with Gasteiger partial charge in [0.15, 0.2) is 0 Å². The molecule has 1 aromatic heterocycles. The van der Waals surface area contributed by atoms with E-state index in [9.17, 15) is 4.79 Å². The molecule has 5 nitrogen and oxygen atoms in total. The van der Waals surface area contributed by atoms with Crippen LogP contribution in [0.25, 0.3) is 16.9 Å². The van der Waals surface area contributed by atoms with E-state index >= 15 is 0 Å². The summed E-state index contributed by atoms with van der Waals surface area (Å²) in [5.74, 6) is -0.0811. The third-order valence-corrected chi connectivity index (χ3v) is 5.51. The molecule has 2 heterocycles. The quantitative estimate of drug-likeness (QED) is 0.466. The van der Waals surface area contributed by atoms with E-state index in [2.05, 4.69) is 0 Å². The Hall–Kier alpha value is -3.99. The molecule has 0 fully saturated rings. The smallest absolute Gasteiger partial charge is 0.240 e. The van der Waals surface area contributed by atoms with E-state index in [-0.39, 0.29) is 11.9 Å². The van der Waals surface area contributed by atoms with Gasteiger partial charge in [-0.3, -0.25) is 4.79 Å². The minimum Gasteiger partial charge on any atom is -0.273 e. The zero-order valence-corrected chi connectivity index (χ0v) is 17.2. The van der Waals surface area contributed by atoms with Crippen molar-refractivity contribution in [2.24, 2.45) is 5.10 Å². The molecule has 0 radical (unpaired) electrons. The Labute approximate surface area is 181 Å². The van der Waals surface area contributed by atoms with Crippen molar-refractivity contribution in [1.82, 2.24) is 14.8 Å². The summed E-state index contributed by atoms with van der Waals surface area (Å²) < 4.78 is 1.89. The van der Waals surface area contributed by atoms with Gasteiger partial charge in [-0.05, 0) is 17.7 Å². The molecule has 0 saturated heterocycles. The molecule has 5 heteroatoms. The van der Waals surface area contributed by atoms with E-state index < -0.39 is 0 Å². The third kappa shape index (κ3) is 3.66. The van der Waals surface area contributed by atoms with Gasteiger partial charge in [0, 0.05) is 30.7 Å². The first-order valence-electron chi connectivity index (χ1n) is 10.3. The molecule has 0 N–H and O–H groups in total. The number of para-hydroxylation sites is 1. The van der Waals surface area contributed by atoms with Crippen LogP contribution in [-0.4, -0.2) is 26.4 Å². The van der Waals surface area contributed by atoms with E-state index in [1.54, 1.807) is 11.9 Å². The number of nitrogens with zero attached hydrogens (tertiary/aromatic N) is 4. The Morgan fingerprint density at radius 3 is 2.03 bits per heavy atom. The monoisotopic (exact) mass is 406 g/mol. The largest absolute Gasteiger partial charge is 0.273 e. The number of hydrazone groups is 1. The van der Waals surface area contributed by atoms with Crippen LogP contribution in [-0.2, 0) is 4.79 Å². The predicted molar refractivity (Wildman–Crippen MR) is 122 cm³/mol. The Kier molecular flexibility index (Phi) is 4.92. The van der Waals surface area contributed by atoms with Crippen molar-refractivity contribution in [2.45, 2.75) is 19.4 Å². The van der Waals surface area contributed by atoms with Crippen LogP contribution < -0.4 is 0 Å². The zero-order chi connectivity index (χ0) is 21.2. The van der Waals surface area contributed by atoms with Crippen LogP contribution >= 0.6 is 0 Å². The number of benzene rings is 3. The SMILES string of the molecule is CC(=O)N1N=C(c2ccccc2)CC1c1cn(-c2ccccc2)nc1-c1ccccc1. The first-order chi connectivity index (χ1) is 15.2. The molecule has 4 aromatic rings. The van der Waals surface area contributed by atoms with Crippen molar-refractivity contribution in [2.75, 3.05) is 0 Å². The van der Waals surface area contributed by atoms with E-state index in [0.717, 1.165) is 33.8 Å². The summed E-state index contributed by atoms with van der Waals surface area (Å²) in [5, 5.41) is 11.2. The Balaban J connectivity index is 1.62. The summed E-state index contributed by atoms with van der Waals surface area (Å²) in [5.41, 5.74) is 5.79. The predicted octanol–water partition coefficient (Wildman–Crippen LogP) is 5.24. The second-order valence-corrected chi connectivity index (χ2v) is 7.58. The number of rotatable bonds is 4. The number of carbonyl (C=O) groups excluding carboxylic acids is 1. The van der Waals surface area contributed by atoms with Crippen molar-refractivity contribution in [3.05, 3.63) is 108 Å². The molecule has 1 amide bonds. The molecular formula is C26H22N4O. The molecule has 31 heavy (non-hydrogen) atoms. The minimum absolute atomic E-state index is 0.0811. The molecule has 152 valence electrons. The van der Waals surface area contributed by atoms with Crippen molar-refractivity contribution >= 4 is 11.6 Å². The van der Waals surface area contributed by atoms with Gasteiger partial charge in [0.05, 0.1) is 23.1 Å². The normalized spacial score (nSPS) is 15.7. The molecule has 1 atom stereocenters. The second-order valence-electron chi connectivity index (χ2n) is 7.58. The molecule has 0 saturated carbocycles. The molecule has 5 rings (SSSR count). The number of amides is 1. The number of aromatic nitrogens is 2. The van der Waals surface area contributed by atoms with Gasteiger partial charge in [-0.2, -0.15) is 10.2 Å². The standard InChI is InChI=1S/C26H22N4O/c1-19(31)30-25(17-24(27-30)20-11-5-2-6-12-20)23-18-29(22-15-9-4-10-16-22)28-26(23)21-13-7-3-8-14-21/h2-16,18,25H,17H2,1H3. The fourth-order valence-corrected chi connectivity index (χ4v) is 4.01. The van der Waals surface area contributed by atoms with E-state index in [1.165, 1.54) is 0 Å². The summed E-state index contributed by atoms with van der Waals surface area (Å²) >= 11 is 0. The summed E-state index contributed by atoms with van der Waals surface area (Å²) in [6.07, 6.45) is 2.67. The molecule has 3 aromatic carbocycles. The highest BCUT2D eigenvalue weighted by atomic mass is 16.2. The van der Waals surface area contributed by atoms with Gasteiger partial charge >= 0.3 is 0 Å². The lowest BCUT2D eigenvalue weighted by Gasteiger charge is -2.20. The maximum atomic E-state index is 12.5. The molecule has 1 unspecified atom stereocenters. The highest BCUT2D eigenvalue weighted by Gasteiger charge is 2.34. The fraction of sp³-hybridized carbons (Fsp3) is 0.115. The Morgan fingerprint density at radius 1 is 0.839 bits per heavy atom. The van der Waals surface area contributed by atoms with Crippen LogP contribution in [0.4, 0.5) is 0 Å². The fourth-order valence-electron chi connectivity index (χ4n) is 4.01. The van der Waals surface area contributed by atoms with Gasteiger partial charge in [0.25, 0.3) is 0 Å². The summed E-state index contributed by atoms with van der Waals surface area (Å²) in [4.78, 5) is 12.5.